The van der Waals surface area contributed by atoms with Gasteiger partial charge in [-0.25, -0.2) is 4.79 Å². The van der Waals surface area contributed by atoms with Crippen molar-refractivity contribution in [2.45, 2.75) is 19.4 Å². The van der Waals surface area contributed by atoms with Crippen molar-refractivity contribution in [2.24, 2.45) is 0 Å². The highest BCUT2D eigenvalue weighted by molar-refractivity contribution is 6.01. The van der Waals surface area contributed by atoms with Gasteiger partial charge >= 0.3 is 6.03 Å². The predicted molar refractivity (Wildman–Crippen MR) is 85.1 cm³/mol. The van der Waals surface area contributed by atoms with Gasteiger partial charge in [-0.1, -0.05) is 18.2 Å². The van der Waals surface area contributed by atoms with E-state index in [1.54, 1.807) is 0 Å². The van der Waals surface area contributed by atoms with Crippen molar-refractivity contribution < 1.29 is 14.4 Å². The first-order chi connectivity index (χ1) is 11.0. The molecular weight excluding hydrogens is 296 g/mol. The standard InChI is InChI=1S/C16H20N4O3/c1-11(21)18-13-8-12-4-2-3-5-14(12)19(10-13)6-7-20-15(22)9-17-16(20)23/h2-5,13H,6-10H2,1H3,(H,17,23)(H,18,21). The van der Waals surface area contributed by atoms with Crippen LogP contribution in [0, 0.1) is 0 Å². The molecule has 0 radical (unpaired) electrons. The Kier molecular flexibility index (Phi) is 4.18. The summed E-state index contributed by atoms with van der Waals surface area (Å²) in [5.41, 5.74) is 2.26. The Morgan fingerprint density at radius 2 is 2.09 bits per heavy atom. The molecule has 2 heterocycles. The molecule has 7 heteroatoms. The number of nitrogens with one attached hydrogen (secondary N) is 2. The minimum Gasteiger partial charge on any atom is -0.367 e. The summed E-state index contributed by atoms with van der Waals surface area (Å²) in [7, 11) is 0. The number of para-hydroxylation sites is 1. The zero-order chi connectivity index (χ0) is 16.4. The van der Waals surface area contributed by atoms with Crippen LogP contribution in [0.3, 0.4) is 0 Å². The fourth-order valence-electron chi connectivity index (χ4n) is 3.18. The van der Waals surface area contributed by atoms with E-state index in [0.717, 1.165) is 17.7 Å². The van der Waals surface area contributed by atoms with Gasteiger partial charge in [0.15, 0.2) is 0 Å². The molecule has 1 saturated heterocycles. The van der Waals surface area contributed by atoms with Gasteiger partial charge in [0, 0.05) is 32.2 Å². The molecule has 1 aromatic rings. The zero-order valence-corrected chi connectivity index (χ0v) is 13.0. The SMILES string of the molecule is CC(=O)NC1Cc2ccccc2N(CCN2C(=O)CNC2=O)C1. The number of hydrogen-bond acceptors (Lipinski definition) is 4. The van der Waals surface area contributed by atoms with Crippen molar-refractivity contribution in [3.8, 4) is 0 Å². The second-order valence-electron chi connectivity index (χ2n) is 5.88. The molecule has 0 saturated carbocycles. The van der Waals surface area contributed by atoms with Gasteiger partial charge in [-0.15, -0.1) is 0 Å². The van der Waals surface area contributed by atoms with E-state index >= 15 is 0 Å². The fraction of sp³-hybridized carbons (Fsp3) is 0.438. The maximum Gasteiger partial charge on any atom is 0.324 e. The molecule has 1 unspecified atom stereocenters. The Labute approximate surface area is 134 Å². The average molecular weight is 316 g/mol. The molecule has 1 atom stereocenters. The largest absolute Gasteiger partial charge is 0.367 e. The first-order valence-corrected chi connectivity index (χ1v) is 7.73. The van der Waals surface area contributed by atoms with Crippen LogP contribution in [0.15, 0.2) is 24.3 Å². The summed E-state index contributed by atoms with van der Waals surface area (Å²) in [6.07, 6.45) is 0.787. The van der Waals surface area contributed by atoms with E-state index in [0.29, 0.717) is 19.6 Å². The second-order valence-corrected chi connectivity index (χ2v) is 5.88. The molecule has 0 aromatic heterocycles. The molecule has 0 bridgehead atoms. The molecule has 2 aliphatic rings. The number of fused-ring (bicyclic) bond motifs is 1. The van der Waals surface area contributed by atoms with E-state index in [9.17, 15) is 14.4 Å². The molecular formula is C16H20N4O3. The van der Waals surface area contributed by atoms with Crippen LogP contribution >= 0.6 is 0 Å². The highest BCUT2D eigenvalue weighted by atomic mass is 16.2. The predicted octanol–water partition coefficient (Wildman–Crippen LogP) is 0.106. The number of nitrogens with zero attached hydrogens (tertiary/aromatic N) is 2. The highest BCUT2D eigenvalue weighted by Gasteiger charge is 2.30. The van der Waals surface area contributed by atoms with E-state index in [-0.39, 0.29) is 30.4 Å². The smallest absolute Gasteiger partial charge is 0.324 e. The van der Waals surface area contributed by atoms with Crippen molar-refractivity contribution in [1.29, 1.82) is 0 Å². The van der Waals surface area contributed by atoms with E-state index < -0.39 is 0 Å². The second kappa shape index (κ2) is 6.28. The number of hydrogen-bond donors (Lipinski definition) is 2. The average Bonchev–Trinajstić information content (AvgIpc) is 2.83. The summed E-state index contributed by atoms with van der Waals surface area (Å²) in [6.45, 7) is 3.14. The Bertz CT molecular complexity index is 630. The molecule has 122 valence electrons. The lowest BCUT2D eigenvalue weighted by molar-refractivity contribution is -0.124. The van der Waals surface area contributed by atoms with Gasteiger partial charge in [-0.3, -0.25) is 14.5 Å². The third kappa shape index (κ3) is 3.28. The summed E-state index contributed by atoms with van der Waals surface area (Å²) in [4.78, 5) is 38.0. The van der Waals surface area contributed by atoms with Gasteiger partial charge in [0.05, 0.1) is 12.6 Å². The molecule has 4 amide bonds. The zero-order valence-electron chi connectivity index (χ0n) is 13.0. The topological polar surface area (TPSA) is 81.8 Å². The van der Waals surface area contributed by atoms with Gasteiger partial charge in [0.25, 0.3) is 0 Å². The van der Waals surface area contributed by atoms with Crippen LogP contribution in [0.4, 0.5) is 10.5 Å². The van der Waals surface area contributed by atoms with Crippen molar-refractivity contribution in [3.05, 3.63) is 29.8 Å². The lowest BCUT2D eigenvalue weighted by Crippen LogP contribution is -2.50. The number of carbonyl (C=O) groups is 3. The molecule has 0 aliphatic carbocycles. The lowest BCUT2D eigenvalue weighted by atomic mass is 9.98. The van der Waals surface area contributed by atoms with Gasteiger partial charge in [0.2, 0.25) is 11.8 Å². The molecule has 1 aromatic carbocycles. The number of anilines is 1. The van der Waals surface area contributed by atoms with Crippen LogP contribution in [-0.2, 0) is 16.0 Å². The maximum atomic E-state index is 11.7. The van der Waals surface area contributed by atoms with Crippen molar-refractivity contribution in [3.63, 3.8) is 0 Å². The monoisotopic (exact) mass is 316 g/mol. The maximum absolute atomic E-state index is 11.7. The number of carbonyl (C=O) groups excluding carboxylic acids is 3. The van der Waals surface area contributed by atoms with Crippen molar-refractivity contribution in [2.75, 3.05) is 31.1 Å². The van der Waals surface area contributed by atoms with Crippen LogP contribution in [0.1, 0.15) is 12.5 Å². The number of benzene rings is 1. The number of amides is 4. The third-order valence-electron chi connectivity index (χ3n) is 4.18. The Balaban J connectivity index is 1.73. The summed E-state index contributed by atoms with van der Waals surface area (Å²) >= 11 is 0. The van der Waals surface area contributed by atoms with Crippen LogP contribution in [0.5, 0.6) is 0 Å². The molecule has 0 spiro atoms. The van der Waals surface area contributed by atoms with E-state index in [1.165, 1.54) is 11.8 Å². The molecule has 1 fully saturated rings. The minimum absolute atomic E-state index is 0.0329. The van der Waals surface area contributed by atoms with E-state index in [1.807, 2.05) is 24.3 Å². The van der Waals surface area contributed by atoms with E-state index in [4.69, 9.17) is 0 Å². The van der Waals surface area contributed by atoms with Crippen LogP contribution in [0.2, 0.25) is 0 Å². The first kappa shape index (κ1) is 15.3. The number of urea groups is 1. The summed E-state index contributed by atoms with van der Waals surface area (Å²) in [6, 6.07) is 7.72. The summed E-state index contributed by atoms with van der Waals surface area (Å²) in [5.74, 6) is -0.248. The molecule has 3 rings (SSSR count). The number of rotatable bonds is 4. The van der Waals surface area contributed by atoms with Crippen molar-refractivity contribution in [1.82, 2.24) is 15.5 Å². The van der Waals surface area contributed by atoms with Gasteiger partial charge in [-0.05, 0) is 18.1 Å². The van der Waals surface area contributed by atoms with Gasteiger partial charge < -0.3 is 15.5 Å². The van der Waals surface area contributed by atoms with Crippen LogP contribution in [0.25, 0.3) is 0 Å². The van der Waals surface area contributed by atoms with Crippen molar-refractivity contribution >= 4 is 23.5 Å². The Morgan fingerprint density at radius 1 is 1.30 bits per heavy atom. The van der Waals surface area contributed by atoms with E-state index in [2.05, 4.69) is 15.5 Å². The molecule has 2 N–H and O–H groups in total. The fourth-order valence-corrected chi connectivity index (χ4v) is 3.18. The first-order valence-electron chi connectivity index (χ1n) is 7.73. The molecule has 2 aliphatic heterocycles. The van der Waals surface area contributed by atoms with Crippen LogP contribution < -0.4 is 15.5 Å². The van der Waals surface area contributed by atoms with Crippen LogP contribution in [-0.4, -0.2) is 55.0 Å². The third-order valence-corrected chi connectivity index (χ3v) is 4.18. The summed E-state index contributed by atoms with van der Waals surface area (Å²) < 4.78 is 0. The summed E-state index contributed by atoms with van der Waals surface area (Å²) in [5, 5.41) is 5.48. The normalized spacial score (nSPS) is 20.3. The Hall–Kier alpha value is -2.57. The number of imide groups is 1. The van der Waals surface area contributed by atoms with Gasteiger partial charge in [0.1, 0.15) is 0 Å². The lowest BCUT2D eigenvalue weighted by Gasteiger charge is -2.36. The quantitative estimate of drug-likeness (QED) is 0.772. The van der Waals surface area contributed by atoms with Gasteiger partial charge in [-0.2, -0.15) is 0 Å². The molecule has 7 nitrogen and oxygen atoms in total. The Morgan fingerprint density at radius 3 is 2.78 bits per heavy atom. The molecule has 23 heavy (non-hydrogen) atoms. The minimum atomic E-state index is -0.335. The highest BCUT2D eigenvalue weighted by Crippen LogP contribution is 2.26.